The van der Waals surface area contributed by atoms with E-state index in [9.17, 15) is 14.0 Å². The molecule has 0 spiro atoms. The molecule has 5 nitrogen and oxygen atoms in total. The van der Waals surface area contributed by atoms with Gasteiger partial charge in [-0.25, -0.2) is 4.39 Å². The zero-order valence-corrected chi connectivity index (χ0v) is 13.9. The summed E-state index contributed by atoms with van der Waals surface area (Å²) in [4.78, 5) is 26.2. The van der Waals surface area contributed by atoms with Crippen molar-refractivity contribution in [3.63, 3.8) is 0 Å². The number of benzene rings is 2. The van der Waals surface area contributed by atoms with Gasteiger partial charge in [-0.1, -0.05) is 35.9 Å². The van der Waals surface area contributed by atoms with Crippen molar-refractivity contribution in [3.8, 4) is 5.75 Å². The maximum absolute atomic E-state index is 14.1. The molecular weight excluding hydrogens is 323 g/mol. The number of halogens is 1. The highest BCUT2D eigenvalue weighted by atomic mass is 19.1. The molecule has 1 heterocycles. The predicted octanol–water partition coefficient (Wildman–Crippen LogP) is 2.21. The first-order valence-electron chi connectivity index (χ1n) is 8.07. The lowest BCUT2D eigenvalue weighted by Crippen LogP contribution is -2.53. The lowest BCUT2D eigenvalue weighted by atomic mass is 10.0. The minimum absolute atomic E-state index is 0.184. The fourth-order valence-electron chi connectivity index (χ4n) is 2.80. The number of aryl methyl sites for hydroxylation is 1. The van der Waals surface area contributed by atoms with Crippen molar-refractivity contribution in [1.82, 2.24) is 10.2 Å². The van der Waals surface area contributed by atoms with Crippen LogP contribution in [0.2, 0.25) is 0 Å². The quantitative estimate of drug-likeness (QED) is 0.927. The average molecular weight is 342 g/mol. The molecule has 2 aromatic rings. The number of rotatable bonds is 4. The summed E-state index contributed by atoms with van der Waals surface area (Å²) in [6, 6.07) is 12.3. The van der Waals surface area contributed by atoms with Crippen LogP contribution < -0.4 is 10.1 Å². The lowest BCUT2D eigenvalue weighted by Gasteiger charge is -2.35. The minimum Gasteiger partial charge on any atom is -0.484 e. The highest BCUT2D eigenvalue weighted by Crippen LogP contribution is 2.26. The number of nitrogens with one attached hydrogen (secondary N) is 1. The fraction of sp³-hybridized carbons (Fsp3) is 0.263. The van der Waals surface area contributed by atoms with Crippen LogP contribution in [0.15, 0.2) is 48.5 Å². The number of piperazine rings is 1. The maximum atomic E-state index is 14.1. The summed E-state index contributed by atoms with van der Waals surface area (Å²) in [5.74, 6) is -0.687. The van der Waals surface area contributed by atoms with Gasteiger partial charge in [0.15, 0.2) is 6.61 Å². The van der Waals surface area contributed by atoms with E-state index >= 15 is 0 Å². The Morgan fingerprint density at radius 3 is 2.68 bits per heavy atom. The molecule has 0 bridgehead atoms. The summed E-state index contributed by atoms with van der Waals surface area (Å²) >= 11 is 0. The summed E-state index contributed by atoms with van der Waals surface area (Å²) in [5.41, 5.74) is 1.27. The molecule has 1 atom stereocenters. The SMILES string of the molecule is Cc1ccc(OCC(=O)N2CCNC(=O)C2c2ccccc2F)cc1. The molecule has 2 aromatic carbocycles. The summed E-state index contributed by atoms with van der Waals surface area (Å²) in [6.45, 7) is 2.39. The van der Waals surface area contributed by atoms with Gasteiger partial charge in [0.05, 0.1) is 0 Å². The molecule has 3 rings (SSSR count). The van der Waals surface area contributed by atoms with E-state index in [0.717, 1.165) is 5.56 Å². The molecule has 130 valence electrons. The molecule has 1 N–H and O–H groups in total. The Balaban J connectivity index is 1.76. The van der Waals surface area contributed by atoms with E-state index in [1.54, 1.807) is 24.3 Å². The van der Waals surface area contributed by atoms with Gasteiger partial charge in [-0.3, -0.25) is 9.59 Å². The van der Waals surface area contributed by atoms with Gasteiger partial charge in [-0.2, -0.15) is 0 Å². The zero-order chi connectivity index (χ0) is 17.8. The van der Waals surface area contributed by atoms with E-state index in [0.29, 0.717) is 18.8 Å². The molecule has 0 aromatic heterocycles. The molecule has 1 saturated heterocycles. The van der Waals surface area contributed by atoms with Gasteiger partial charge in [0.2, 0.25) is 5.91 Å². The summed E-state index contributed by atoms with van der Waals surface area (Å²) in [7, 11) is 0. The molecule has 1 unspecified atom stereocenters. The Morgan fingerprint density at radius 2 is 1.96 bits per heavy atom. The van der Waals surface area contributed by atoms with Crippen LogP contribution in [0.4, 0.5) is 4.39 Å². The van der Waals surface area contributed by atoms with Crippen LogP contribution in [0.25, 0.3) is 0 Å². The van der Waals surface area contributed by atoms with Crippen LogP contribution in [0.3, 0.4) is 0 Å². The van der Waals surface area contributed by atoms with Gasteiger partial charge >= 0.3 is 0 Å². The van der Waals surface area contributed by atoms with Crippen molar-refractivity contribution in [1.29, 1.82) is 0 Å². The monoisotopic (exact) mass is 342 g/mol. The minimum atomic E-state index is -0.982. The van der Waals surface area contributed by atoms with Gasteiger partial charge in [0, 0.05) is 18.7 Å². The molecule has 0 saturated carbocycles. The van der Waals surface area contributed by atoms with E-state index in [-0.39, 0.29) is 24.0 Å². The molecule has 1 fully saturated rings. The van der Waals surface area contributed by atoms with Crippen molar-refractivity contribution in [2.45, 2.75) is 13.0 Å². The third-order valence-corrected chi connectivity index (χ3v) is 4.12. The Hall–Kier alpha value is -2.89. The fourth-order valence-corrected chi connectivity index (χ4v) is 2.80. The molecule has 0 radical (unpaired) electrons. The van der Waals surface area contributed by atoms with E-state index in [4.69, 9.17) is 4.74 Å². The van der Waals surface area contributed by atoms with Crippen LogP contribution in [0.1, 0.15) is 17.2 Å². The van der Waals surface area contributed by atoms with Crippen LogP contribution >= 0.6 is 0 Å². The van der Waals surface area contributed by atoms with Gasteiger partial charge in [0.25, 0.3) is 5.91 Å². The molecule has 1 aliphatic rings. The van der Waals surface area contributed by atoms with Crippen LogP contribution in [0.5, 0.6) is 5.75 Å². The molecule has 1 aliphatic heterocycles. The Morgan fingerprint density at radius 1 is 1.24 bits per heavy atom. The summed E-state index contributed by atoms with van der Waals surface area (Å²) < 4.78 is 19.6. The number of carbonyl (C=O) groups is 2. The second-order valence-electron chi connectivity index (χ2n) is 5.90. The normalized spacial score (nSPS) is 17.1. The zero-order valence-electron chi connectivity index (χ0n) is 13.9. The highest BCUT2D eigenvalue weighted by Gasteiger charge is 2.35. The number of ether oxygens (including phenoxy) is 1. The summed E-state index contributed by atoms with van der Waals surface area (Å²) in [5, 5.41) is 2.68. The van der Waals surface area contributed by atoms with E-state index in [1.165, 1.54) is 17.0 Å². The average Bonchev–Trinajstić information content (AvgIpc) is 2.61. The molecule has 25 heavy (non-hydrogen) atoms. The van der Waals surface area contributed by atoms with Gasteiger partial charge in [-0.15, -0.1) is 0 Å². The van der Waals surface area contributed by atoms with E-state index in [2.05, 4.69) is 5.32 Å². The smallest absolute Gasteiger partial charge is 0.261 e. The van der Waals surface area contributed by atoms with Crippen molar-refractivity contribution in [2.75, 3.05) is 19.7 Å². The first-order chi connectivity index (χ1) is 12.1. The van der Waals surface area contributed by atoms with Crippen molar-refractivity contribution >= 4 is 11.8 Å². The van der Waals surface area contributed by atoms with Crippen molar-refractivity contribution in [2.24, 2.45) is 0 Å². The highest BCUT2D eigenvalue weighted by molar-refractivity contribution is 5.90. The molecule has 0 aliphatic carbocycles. The third kappa shape index (κ3) is 3.79. The maximum Gasteiger partial charge on any atom is 0.261 e. The predicted molar refractivity (Wildman–Crippen MR) is 90.5 cm³/mol. The number of nitrogens with zero attached hydrogens (tertiary/aromatic N) is 1. The third-order valence-electron chi connectivity index (χ3n) is 4.12. The Kier molecular flexibility index (Phi) is 4.97. The number of hydrogen-bond donors (Lipinski definition) is 1. The largest absolute Gasteiger partial charge is 0.484 e. The van der Waals surface area contributed by atoms with Crippen LogP contribution in [-0.4, -0.2) is 36.4 Å². The first kappa shape index (κ1) is 17.0. The van der Waals surface area contributed by atoms with Gasteiger partial charge < -0.3 is 15.0 Å². The number of hydrogen-bond acceptors (Lipinski definition) is 3. The van der Waals surface area contributed by atoms with E-state index in [1.807, 2.05) is 19.1 Å². The molecule has 2 amide bonds. The van der Waals surface area contributed by atoms with Crippen LogP contribution in [0, 0.1) is 12.7 Å². The Labute approximate surface area is 145 Å². The standard InChI is InChI=1S/C19H19FN2O3/c1-13-6-8-14(9-7-13)25-12-17(23)22-11-10-21-19(24)18(22)15-4-2-3-5-16(15)20/h2-9,18H,10-12H2,1H3,(H,21,24). The first-order valence-corrected chi connectivity index (χ1v) is 8.07. The second kappa shape index (κ2) is 7.34. The van der Waals surface area contributed by atoms with Crippen molar-refractivity contribution in [3.05, 3.63) is 65.5 Å². The molecular formula is C19H19FN2O3. The van der Waals surface area contributed by atoms with Gasteiger partial charge in [-0.05, 0) is 25.1 Å². The van der Waals surface area contributed by atoms with Crippen LogP contribution in [-0.2, 0) is 9.59 Å². The number of amides is 2. The number of carbonyl (C=O) groups excluding carboxylic acids is 2. The summed E-state index contributed by atoms with van der Waals surface area (Å²) in [6.07, 6.45) is 0. The van der Waals surface area contributed by atoms with Crippen molar-refractivity contribution < 1.29 is 18.7 Å². The Bertz CT molecular complexity index is 776. The molecule has 6 heteroatoms. The lowest BCUT2D eigenvalue weighted by molar-refractivity contribution is -0.145. The van der Waals surface area contributed by atoms with E-state index < -0.39 is 11.9 Å². The topological polar surface area (TPSA) is 58.6 Å². The van der Waals surface area contributed by atoms with Gasteiger partial charge in [0.1, 0.15) is 17.6 Å². The second-order valence-corrected chi connectivity index (χ2v) is 5.90.